The van der Waals surface area contributed by atoms with Crippen LogP contribution in [0.15, 0.2) is 84.9 Å². The number of para-hydroxylation sites is 1. The summed E-state index contributed by atoms with van der Waals surface area (Å²) < 4.78 is 6.06. The van der Waals surface area contributed by atoms with Gasteiger partial charge in [-0.15, -0.1) is 0 Å². The second kappa shape index (κ2) is 10.4. The number of nitrogens with zero attached hydrogens (tertiary/aromatic N) is 2. The zero-order chi connectivity index (χ0) is 24.9. The molecule has 0 spiro atoms. The van der Waals surface area contributed by atoms with Gasteiger partial charge >= 0.3 is 0 Å². The van der Waals surface area contributed by atoms with E-state index < -0.39 is 13.7 Å². The van der Waals surface area contributed by atoms with Crippen LogP contribution < -0.4 is 15.8 Å². The lowest BCUT2D eigenvalue weighted by atomic mass is 9.97. The third kappa shape index (κ3) is 6.16. The van der Waals surface area contributed by atoms with Crippen LogP contribution in [0.25, 0.3) is 6.08 Å². The molecule has 0 bridgehead atoms. The van der Waals surface area contributed by atoms with E-state index in [1.54, 1.807) is 12.1 Å². The monoisotopic (exact) mass is 488 g/mol. The second-order valence-corrected chi connectivity index (χ2v) is 15.5. The minimum absolute atomic E-state index is 0.0370. The molecule has 1 aliphatic rings. The predicted molar refractivity (Wildman–Crippen MR) is 145 cm³/mol. The molecule has 0 fully saturated rings. The maximum atomic E-state index is 11.4. The minimum Gasteiger partial charge on any atom is -0.360 e. The number of nitro groups is 1. The van der Waals surface area contributed by atoms with E-state index in [9.17, 15) is 10.1 Å². The topological polar surface area (TPSA) is 79.7 Å². The molecule has 1 atom stereocenters. The summed E-state index contributed by atoms with van der Waals surface area (Å²) in [5, 5.41) is 16.9. The van der Waals surface area contributed by atoms with Crippen LogP contribution in [-0.2, 0) is 10.4 Å². The Morgan fingerprint density at radius 2 is 1.80 bits per heavy atom. The first-order chi connectivity index (χ1) is 16.8. The number of hydrogen-bond donors (Lipinski definition) is 2. The van der Waals surface area contributed by atoms with Crippen LogP contribution in [0, 0.1) is 10.1 Å². The number of nitrogens with one attached hydrogen (secondary N) is 2. The lowest BCUT2D eigenvalue weighted by molar-refractivity contribution is -0.384. The summed E-state index contributed by atoms with van der Waals surface area (Å²) in [6.07, 6.45) is 4.10. The van der Waals surface area contributed by atoms with E-state index in [1.807, 2.05) is 59.6 Å². The molecule has 182 valence electrons. The molecule has 7 nitrogen and oxygen atoms in total. The Kier molecular flexibility index (Phi) is 7.35. The molecule has 0 amide bonds. The Bertz CT molecular complexity index is 1200. The highest BCUT2D eigenvalue weighted by Crippen LogP contribution is 2.39. The molecule has 8 heteroatoms. The molecule has 3 aromatic carbocycles. The van der Waals surface area contributed by atoms with Crippen LogP contribution in [0.2, 0.25) is 25.7 Å². The molecule has 0 saturated carbocycles. The molecule has 1 heterocycles. The number of benzene rings is 3. The summed E-state index contributed by atoms with van der Waals surface area (Å²) in [5.41, 5.74) is 6.49. The van der Waals surface area contributed by atoms with E-state index in [1.165, 1.54) is 6.07 Å². The normalized spacial score (nSPS) is 17.5. The summed E-state index contributed by atoms with van der Waals surface area (Å²) in [4.78, 5) is 11.0. The van der Waals surface area contributed by atoms with Crippen LogP contribution in [0.3, 0.4) is 0 Å². The summed E-state index contributed by atoms with van der Waals surface area (Å²) in [6, 6.07) is 25.8. The summed E-state index contributed by atoms with van der Waals surface area (Å²) >= 11 is 0. The van der Waals surface area contributed by atoms with E-state index in [2.05, 4.69) is 48.6 Å². The standard InChI is InChI=1S/C27H32N4O3Si/c1-35(2,3)19-18-34-21-30-26-15-8-7-14-25(26)27(29-30,17-16-22-10-5-4-6-11-22)28-23-12-9-13-24(20-23)31(32)33/h4-17,20,28-29H,18-19,21H2,1-3H3/b17-16+. The average molecular weight is 489 g/mol. The third-order valence-corrected chi connectivity index (χ3v) is 7.58. The summed E-state index contributed by atoms with van der Waals surface area (Å²) in [7, 11) is -1.19. The fraction of sp³-hybridized carbons (Fsp3) is 0.259. The molecule has 0 aliphatic carbocycles. The fourth-order valence-corrected chi connectivity index (χ4v) is 4.74. The van der Waals surface area contributed by atoms with Crippen molar-refractivity contribution in [3.8, 4) is 0 Å². The lowest BCUT2D eigenvalue weighted by Gasteiger charge is -2.31. The number of fused-ring (bicyclic) bond motifs is 1. The molecular weight excluding hydrogens is 456 g/mol. The summed E-state index contributed by atoms with van der Waals surface area (Å²) in [5.74, 6) is 0. The number of nitro benzene ring substituents is 1. The number of rotatable bonds is 10. The molecule has 0 radical (unpaired) electrons. The van der Waals surface area contributed by atoms with E-state index >= 15 is 0 Å². The van der Waals surface area contributed by atoms with Crippen molar-refractivity contribution in [3.63, 3.8) is 0 Å². The number of hydrogen-bond acceptors (Lipinski definition) is 6. The first-order valence-corrected chi connectivity index (χ1v) is 15.5. The van der Waals surface area contributed by atoms with Crippen molar-refractivity contribution in [2.24, 2.45) is 0 Å². The van der Waals surface area contributed by atoms with Gasteiger partial charge in [-0.2, -0.15) is 5.43 Å². The van der Waals surface area contributed by atoms with Gasteiger partial charge in [0.15, 0.2) is 5.66 Å². The molecule has 0 saturated heterocycles. The maximum absolute atomic E-state index is 11.4. The fourth-order valence-electron chi connectivity index (χ4n) is 3.99. The van der Waals surface area contributed by atoms with Crippen molar-refractivity contribution in [2.75, 3.05) is 23.7 Å². The SMILES string of the molecule is C[Si](C)(C)CCOCN1NC(/C=C/c2ccccc2)(Nc2cccc([N+](=O)[O-])c2)c2ccccc21. The van der Waals surface area contributed by atoms with Crippen molar-refractivity contribution in [1.82, 2.24) is 5.43 Å². The summed E-state index contributed by atoms with van der Waals surface area (Å²) in [6.45, 7) is 8.10. The highest BCUT2D eigenvalue weighted by atomic mass is 28.3. The van der Waals surface area contributed by atoms with Gasteiger partial charge in [-0.25, -0.2) is 0 Å². The van der Waals surface area contributed by atoms with E-state index in [0.29, 0.717) is 19.0 Å². The maximum Gasteiger partial charge on any atom is 0.271 e. The van der Waals surface area contributed by atoms with Crippen LogP contribution in [0.5, 0.6) is 0 Å². The lowest BCUT2D eigenvalue weighted by Crippen LogP contribution is -2.50. The van der Waals surface area contributed by atoms with Gasteiger partial charge in [-0.3, -0.25) is 15.1 Å². The molecule has 3 aromatic rings. The Labute approximate surface area is 207 Å². The molecule has 1 aliphatic heterocycles. The Morgan fingerprint density at radius 3 is 2.54 bits per heavy atom. The van der Waals surface area contributed by atoms with E-state index in [-0.39, 0.29) is 10.6 Å². The molecule has 0 aromatic heterocycles. The zero-order valence-electron chi connectivity index (χ0n) is 20.4. The van der Waals surface area contributed by atoms with Crippen molar-refractivity contribution >= 4 is 31.2 Å². The Hall–Kier alpha value is -3.46. The van der Waals surface area contributed by atoms with Gasteiger partial charge in [0.25, 0.3) is 5.69 Å². The molecule has 1 unspecified atom stereocenters. The zero-order valence-corrected chi connectivity index (χ0v) is 21.4. The van der Waals surface area contributed by atoms with E-state index in [4.69, 9.17) is 4.74 Å². The van der Waals surface area contributed by atoms with Gasteiger partial charge in [-0.1, -0.05) is 80.3 Å². The quantitative estimate of drug-likeness (QED) is 0.153. The first kappa shape index (κ1) is 24.7. The van der Waals surface area contributed by atoms with Gasteiger partial charge < -0.3 is 10.1 Å². The Morgan fingerprint density at radius 1 is 1.06 bits per heavy atom. The average Bonchev–Trinajstić information content (AvgIpc) is 3.14. The minimum atomic E-state index is -1.19. The van der Waals surface area contributed by atoms with Crippen molar-refractivity contribution in [2.45, 2.75) is 31.3 Å². The highest BCUT2D eigenvalue weighted by molar-refractivity contribution is 6.76. The van der Waals surface area contributed by atoms with Crippen LogP contribution in [0.4, 0.5) is 17.1 Å². The van der Waals surface area contributed by atoms with Crippen molar-refractivity contribution in [1.29, 1.82) is 0 Å². The van der Waals surface area contributed by atoms with Crippen molar-refractivity contribution in [3.05, 3.63) is 106 Å². The number of non-ortho nitro benzene ring substituents is 1. The van der Waals surface area contributed by atoms with Gasteiger partial charge in [0.05, 0.1) is 10.6 Å². The molecular formula is C27H32N4O3Si. The second-order valence-electron chi connectivity index (χ2n) is 9.89. The van der Waals surface area contributed by atoms with Crippen molar-refractivity contribution < 1.29 is 9.66 Å². The van der Waals surface area contributed by atoms with Crippen LogP contribution in [-0.4, -0.2) is 26.3 Å². The first-order valence-electron chi connectivity index (χ1n) is 11.8. The third-order valence-electron chi connectivity index (χ3n) is 5.87. The number of hydrazine groups is 1. The van der Waals surface area contributed by atoms with Gasteiger partial charge in [0, 0.05) is 38.1 Å². The van der Waals surface area contributed by atoms with Crippen LogP contribution >= 0.6 is 0 Å². The number of anilines is 2. The molecule has 2 N–H and O–H groups in total. The smallest absolute Gasteiger partial charge is 0.271 e. The van der Waals surface area contributed by atoms with Gasteiger partial charge in [0.2, 0.25) is 0 Å². The Balaban J connectivity index is 1.67. The molecule has 4 rings (SSSR count). The van der Waals surface area contributed by atoms with Gasteiger partial charge in [0.1, 0.15) is 6.73 Å². The van der Waals surface area contributed by atoms with Crippen LogP contribution in [0.1, 0.15) is 11.1 Å². The molecule has 35 heavy (non-hydrogen) atoms. The highest BCUT2D eigenvalue weighted by Gasteiger charge is 2.41. The largest absolute Gasteiger partial charge is 0.360 e. The van der Waals surface area contributed by atoms with Gasteiger partial charge in [-0.05, 0) is 29.8 Å². The predicted octanol–water partition coefficient (Wildman–Crippen LogP) is 6.21. The number of ether oxygens (including phenoxy) is 1. The van der Waals surface area contributed by atoms with E-state index in [0.717, 1.165) is 22.9 Å².